The number of aromatic nitrogens is 2. The molecular weight excluding hydrogens is 220 g/mol. The van der Waals surface area contributed by atoms with Crippen molar-refractivity contribution >= 4 is 11.7 Å². The van der Waals surface area contributed by atoms with Gasteiger partial charge in [0, 0.05) is 7.05 Å². The van der Waals surface area contributed by atoms with Gasteiger partial charge in [-0.3, -0.25) is 4.79 Å². The van der Waals surface area contributed by atoms with E-state index in [-0.39, 0.29) is 23.7 Å². The summed E-state index contributed by atoms with van der Waals surface area (Å²) < 4.78 is 0. The fraction of sp³-hybridized carbons (Fsp3) is 0.545. The molecule has 92 valence electrons. The lowest BCUT2D eigenvalue weighted by Crippen LogP contribution is -2.28. The van der Waals surface area contributed by atoms with E-state index in [4.69, 9.17) is 0 Å². The van der Waals surface area contributed by atoms with E-state index in [1.807, 2.05) is 0 Å². The highest BCUT2D eigenvalue weighted by atomic mass is 16.3. The first kappa shape index (κ1) is 11.8. The molecule has 1 saturated carbocycles. The summed E-state index contributed by atoms with van der Waals surface area (Å²) in [4.78, 5) is 11.2. The summed E-state index contributed by atoms with van der Waals surface area (Å²) in [5.41, 5.74) is 0.282. The zero-order valence-electron chi connectivity index (χ0n) is 9.68. The number of carbonyl (C=O) groups excluding carboxylic acids is 1. The molecule has 0 radical (unpaired) electrons. The van der Waals surface area contributed by atoms with E-state index in [0.29, 0.717) is 5.82 Å². The van der Waals surface area contributed by atoms with E-state index < -0.39 is 0 Å². The van der Waals surface area contributed by atoms with Crippen LogP contribution in [0.5, 0.6) is 0 Å². The number of hydrogen-bond donors (Lipinski definition) is 3. The molecule has 1 amide bonds. The second kappa shape index (κ2) is 5.09. The number of nitrogens with zero attached hydrogens (tertiary/aromatic N) is 2. The summed E-state index contributed by atoms with van der Waals surface area (Å²) >= 11 is 0. The van der Waals surface area contributed by atoms with E-state index in [1.54, 1.807) is 19.2 Å². The first-order chi connectivity index (χ1) is 8.20. The van der Waals surface area contributed by atoms with Crippen LogP contribution >= 0.6 is 0 Å². The first-order valence-corrected chi connectivity index (χ1v) is 5.71. The summed E-state index contributed by atoms with van der Waals surface area (Å²) in [5, 5.41) is 23.0. The maximum absolute atomic E-state index is 11.2. The second-order valence-corrected chi connectivity index (χ2v) is 4.13. The van der Waals surface area contributed by atoms with Gasteiger partial charge in [0.15, 0.2) is 5.69 Å². The molecule has 1 aliphatic carbocycles. The Morgan fingerprint density at radius 1 is 1.41 bits per heavy atom. The second-order valence-electron chi connectivity index (χ2n) is 4.13. The molecule has 6 heteroatoms. The molecule has 3 N–H and O–H groups in total. The Kier molecular flexibility index (Phi) is 3.53. The Balaban J connectivity index is 2.00. The molecule has 0 bridgehead atoms. The number of anilines is 1. The van der Waals surface area contributed by atoms with Crippen LogP contribution in [0.1, 0.15) is 29.8 Å². The van der Waals surface area contributed by atoms with Crippen molar-refractivity contribution in [3.63, 3.8) is 0 Å². The van der Waals surface area contributed by atoms with Crippen LogP contribution in [-0.4, -0.2) is 40.4 Å². The number of aliphatic hydroxyl groups excluding tert-OH is 1. The number of aliphatic hydroxyl groups is 1. The van der Waals surface area contributed by atoms with E-state index in [9.17, 15) is 9.90 Å². The molecular formula is C11H16N4O2. The molecule has 2 rings (SSSR count). The quantitative estimate of drug-likeness (QED) is 0.696. The molecule has 1 aliphatic rings. The molecule has 1 heterocycles. The van der Waals surface area contributed by atoms with Crippen molar-refractivity contribution in [3.05, 3.63) is 17.8 Å². The van der Waals surface area contributed by atoms with Crippen molar-refractivity contribution in [2.24, 2.45) is 0 Å². The van der Waals surface area contributed by atoms with Crippen LogP contribution in [0.15, 0.2) is 12.1 Å². The van der Waals surface area contributed by atoms with Crippen molar-refractivity contribution in [3.8, 4) is 0 Å². The van der Waals surface area contributed by atoms with Crippen LogP contribution < -0.4 is 10.6 Å². The summed E-state index contributed by atoms with van der Waals surface area (Å²) in [7, 11) is 1.55. The van der Waals surface area contributed by atoms with Crippen LogP contribution in [0.3, 0.4) is 0 Å². The minimum Gasteiger partial charge on any atom is -0.391 e. The number of rotatable bonds is 3. The van der Waals surface area contributed by atoms with E-state index in [1.165, 1.54) is 0 Å². The number of amides is 1. The Morgan fingerprint density at radius 3 is 2.76 bits per heavy atom. The first-order valence-electron chi connectivity index (χ1n) is 5.71. The van der Waals surface area contributed by atoms with Gasteiger partial charge in [0.25, 0.3) is 5.91 Å². The van der Waals surface area contributed by atoms with E-state index in [0.717, 1.165) is 19.3 Å². The minimum absolute atomic E-state index is 0.0372. The van der Waals surface area contributed by atoms with Crippen molar-refractivity contribution < 1.29 is 9.90 Å². The van der Waals surface area contributed by atoms with Crippen molar-refractivity contribution in [1.82, 2.24) is 15.5 Å². The maximum Gasteiger partial charge on any atom is 0.271 e. The number of carbonyl (C=O) groups is 1. The molecule has 0 spiro atoms. The van der Waals surface area contributed by atoms with Crippen LogP contribution in [0.2, 0.25) is 0 Å². The lowest BCUT2D eigenvalue weighted by Gasteiger charge is -2.16. The summed E-state index contributed by atoms with van der Waals surface area (Å²) in [5.74, 6) is 0.327. The van der Waals surface area contributed by atoms with Crippen LogP contribution in [0, 0.1) is 0 Å². The van der Waals surface area contributed by atoms with Crippen molar-refractivity contribution in [2.45, 2.75) is 31.4 Å². The van der Waals surface area contributed by atoms with E-state index >= 15 is 0 Å². The Bertz CT molecular complexity index is 393. The van der Waals surface area contributed by atoms with Gasteiger partial charge in [-0.15, -0.1) is 10.2 Å². The van der Waals surface area contributed by atoms with Crippen molar-refractivity contribution in [2.75, 3.05) is 12.4 Å². The Hall–Kier alpha value is -1.69. The van der Waals surface area contributed by atoms with Gasteiger partial charge in [-0.25, -0.2) is 0 Å². The summed E-state index contributed by atoms with van der Waals surface area (Å²) in [6.07, 6.45) is 2.44. The Labute approximate surface area is 99.4 Å². The topological polar surface area (TPSA) is 87.1 Å². The van der Waals surface area contributed by atoms with Gasteiger partial charge in [-0.1, -0.05) is 0 Å². The standard InChI is InChI=1S/C11H16N4O2/c1-12-11(17)8-5-6-10(15-14-8)13-7-3-2-4-9(7)16/h5-7,9,16H,2-4H2,1H3,(H,12,17)(H,13,15). The smallest absolute Gasteiger partial charge is 0.271 e. The monoisotopic (exact) mass is 236 g/mol. The van der Waals surface area contributed by atoms with Gasteiger partial charge in [0.2, 0.25) is 0 Å². The van der Waals surface area contributed by atoms with Gasteiger partial charge in [0.05, 0.1) is 12.1 Å². The molecule has 2 unspecified atom stereocenters. The zero-order valence-corrected chi connectivity index (χ0v) is 9.68. The third-order valence-electron chi connectivity index (χ3n) is 2.94. The molecule has 17 heavy (non-hydrogen) atoms. The summed E-state index contributed by atoms with van der Waals surface area (Å²) in [6, 6.07) is 3.34. The SMILES string of the molecule is CNC(=O)c1ccc(NC2CCCC2O)nn1. The third-order valence-corrected chi connectivity index (χ3v) is 2.94. The third kappa shape index (κ3) is 2.71. The van der Waals surface area contributed by atoms with Crippen LogP contribution in [-0.2, 0) is 0 Å². The normalized spacial score (nSPS) is 23.4. The molecule has 1 aromatic rings. The molecule has 6 nitrogen and oxygen atoms in total. The molecule has 0 aliphatic heterocycles. The van der Waals surface area contributed by atoms with Gasteiger partial charge >= 0.3 is 0 Å². The molecule has 1 fully saturated rings. The highest BCUT2D eigenvalue weighted by Crippen LogP contribution is 2.21. The zero-order chi connectivity index (χ0) is 12.3. The average Bonchev–Trinajstić information content (AvgIpc) is 2.75. The van der Waals surface area contributed by atoms with Gasteiger partial charge in [-0.05, 0) is 31.4 Å². The summed E-state index contributed by atoms with van der Waals surface area (Å²) in [6.45, 7) is 0. The number of hydrogen-bond acceptors (Lipinski definition) is 5. The van der Waals surface area contributed by atoms with Gasteiger partial charge in [0.1, 0.15) is 5.82 Å². The van der Waals surface area contributed by atoms with Crippen LogP contribution in [0.25, 0.3) is 0 Å². The largest absolute Gasteiger partial charge is 0.391 e. The number of nitrogens with one attached hydrogen (secondary N) is 2. The minimum atomic E-state index is -0.324. The lowest BCUT2D eigenvalue weighted by atomic mass is 10.2. The molecule has 0 aromatic carbocycles. The molecule has 2 atom stereocenters. The predicted octanol–water partition coefficient (Wildman–Crippen LogP) is 0.161. The van der Waals surface area contributed by atoms with Crippen molar-refractivity contribution in [1.29, 1.82) is 0 Å². The average molecular weight is 236 g/mol. The molecule has 0 saturated heterocycles. The van der Waals surface area contributed by atoms with Gasteiger partial charge in [-0.2, -0.15) is 0 Å². The highest BCUT2D eigenvalue weighted by Gasteiger charge is 2.25. The van der Waals surface area contributed by atoms with E-state index in [2.05, 4.69) is 20.8 Å². The van der Waals surface area contributed by atoms with Gasteiger partial charge < -0.3 is 15.7 Å². The highest BCUT2D eigenvalue weighted by molar-refractivity contribution is 5.91. The molecule has 1 aromatic heterocycles. The maximum atomic E-state index is 11.2. The lowest BCUT2D eigenvalue weighted by molar-refractivity contribution is 0.0957. The fourth-order valence-corrected chi connectivity index (χ4v) is 1.96. The fourth-order valence-electron chi connectivity index (χ4n) is 1.96. The van der Waals surface area contributed by atoms with Crippen LogP contribution in [0.4, 0.5) is 5.82 Å². The Morgan fingerprint density at radius 2 is 2.24 bits per heavy atom. The predicted molar refractivity (Wildman–Crippen MR) is 62.7 cm³/mol.